The van der Waals surface area contributed by atoms with Gasteiger partial charge in [0.15, 0.2) is 0 Å². The number of nitrogens with zero attached hydrogens (tertiary/aromatic N) is 1. The average Bonchev–Trinajstić information content (AvgIpc) is 2.72. The molecule has 0 atom stereocenters. The number of piperidine rings is 1. The summed E-state index contributed by atoms with van der Waals surface area (Å²) in [6.45, 7) is 1.11. The van der Waals surface area contributed by atoms with Gasteiger partial charge in [-0.15, -0.1) is 11.3 Å². The highest BCUT2D eigenvalue weighted by Crippen LogP contribution is 2.24. The first-order chi connectivity index (χ1) is 7.92. The van der Waals surface area contributed by atoms with Gasteiger partial charge in [0.1, 0.15) is 5.01 Å². The van der Waals surface area contributed by atoms with Crippen LogP contribution in [0.3, 0.4) is 0 Å². The molecule has 1 aliphatic rings. The Balaban J connectivity index is 1.93. The molecule has 1 aromatic carbocycles. The Morgan fingerprint density at radius 3 is 3.00 bits per heavy atom. The molecule has 1 aliphatic heterocycles. The van der Waals surface area contributed by atoms with Crippen LogP contribution in [0.4, 0.5) is 0 Å². The molecule has 2 aromatic rings. The summed E-state index contributed by atoms with van der Waals surface area (Å²) in [4.78, 5) is 4.61. The van der Waals surface area contributed by atoms with Gasteiger partial charge in [-0.25, -0.2) is 4.98 Å². The Bertz CT molecular complexity index is 486. The van der Waals surface area contributed by atoms with Crippen molar-refractivity contribution in [3.63, 3.8) is 0 Å². The second kappa shape index (κ2) is 4.26. The van der Waals surface area contributed by atoms with E-state index in [1.54, 1.807) is 11.3 Å². The quantitative estimate of drug-likeness (QED) is 0.812. The van der Waals surface area contributed by atoms with Crippen LogP contribution in [0.5, 0.6) is 0 Å². The molecule has 3 heteroatoms. The first kappa shape index (κ1) is 9.85. The molecular weight excluding hydrogens is 216 g/mol. The molecule has 1 saturated heterocycles. The van der Waals surface area contributed by atoms with Crippen molar-refractivity contribution >= 4 is 27.6 Å². The standard InChI is InChI=1S/C13H14N2S/c1-2-7-12-11(6-1)15-13(16-12)9-10-5-3-4-8-14-10/h1-2,6-7,9,14H,3-5,8H2/b10-9-. The number of para-hydroxylation sites is 1. The van der Waals surface area contributed by atoms with Crippen LogP contribution < -0.4 is 5.32 Å². The van der Waals surface area contributed by atoms with Crippen LogP contribution in [-0.2, 0) is 0 Å². The lowest BCUT2D eigenvalue weighted by molar-refractivity contribution is 0.592. The monoisotopic (exact) mass is 230 g/mol. The lowest BCUT2D eigenvalue weighted by atomic mass is 10.1. The molecule has 2 nitrogen and oxygen atoms in total. The first-order valence-electron chi connectivity index (χ1n) is 5.72. The van der Waals surface area contributed by atoms with Crippen LogP contribution in [0, 0.1) is 0 Å². The predicted molar refractivity (Wildman–Crippen MR) is 69.5 cm³/mol. The van der Waals surface area contributed by atoms with Crippen LogP contribution in [-0.4, -0.2) is 11.5 Å². The second-order valence-electron chi connectivity index (χ2n) is 4.07. The Morgan fingerprint density at radius 2 is 2.19 bits per heavy atom. The molecule has 1 aromatic heterocycles. The maximum Gasteiger partial charge on any atom is 0.119 e. The minimum Gasteiger partial charge on any atom is -0.388 e. The molecule has 3 rings (SSSR count). The van der Waals surface area contributed by atoms with E-state index in [0.717, 1.165) is 23.5 Å². The van der Waals surface area contributed by atoms with E-state index in [0.29, 0.717) is 0 Å². The van der Waals surface area contributed by atoms with Gasteiger partial charge in [0.25, 0.3) is 0 Å². The van der Waals surface area contributed by atoms with Gasteiger partial charge in [-0.05, 0) is 37.5 Å². The van der Waals surface area contributed by atoms with E-state index in [2.05, 4.69) is 34.6 Å². The normalized spacial score (nSPS) is 18.9. The van der Waals surface area contributed by atoms with Crippen LogP contribution in [0.2, 0.25) is 0 Å². The third-order valence-corrected chi connectivity index (χ3v) is 3.82. The van der Waals surface area contributed by atoms with E-state index in [4.69, 9.17) is 0 Å². The van der Waals surface area contributed by atoms with Crippen molar-refractivity contribution in [2.24, 2.45) is 0 Å². The maximum atomic E-state index is 4.61. The lowest BCUT2D eigenvalue weighted by Gasteiger charge is -2.15. The minimum absolute atomic E-state index is 1.11. The molecule has 0 unspecified atom stereocenters. The average molecular weight is 230 g/mol. The zero-order chi connectivity index (χ0) is 10.8. The van der Waals surface area contributed by atoms with E-state index in [-0.39, 0.29) is 0 Å². The van der Waals surface area contributed by atoms with Gasteiger partial charge < -0.3 is 5.32 Å². The van der Waals surface area contributed by atoms with Crippen molar-refractivity contribution in [2.75, 3.05) is 6.54 Å². The fourth-order valence-corrected chi connectivity index (χ4v) is 2.94. The molecule has 0 radical (unpaired) electrons. The summed E-state index contributed by atoms with van der Waals surface area (Å²) in [5, 5.41) is 4.56. The minimum atomic E-state index is 1.11. The molecule has 16 heavy (non-hydrogen) atoms. The highest BCUT2D eigenvalue weighted by atomic mass is 32.1. The van der Waals surface area contributed by atoms with E-state index < -0.39 is 0 Å². The van der Waals surface area contributed by atoms with Crippen molar-refractivity contribution in [3.05, 3.63) is 35.0 Å². The zero-order valence-corrected chi connectivity index (χ0v) is 9.89. The van der Waals surface area contributed by atoms with E-state index in [1.165, 1.54) is 23.2 Å². The van der Waals surface area contributed by atoms with Gasteiger partial charge >= 0.3 is 0 Å². The largest absolute Gasteiger partial charge is 0.388 e. The molecule has 82 valence electrons. The number of hydrogen-bond acceptors (Lipinski definition) is 3. The van der Waals surface area contributed by atoms with Crippen molar-refractivity contribution in [1.82, 2.24) is 10.3 Å². The number of aromatic nitrogens is 1. The van der Waals surface area contributed by atoms with Gasteiger partial charge in [0.05, 0.1) is 10.2 Å². The Hall–Kier alpha value is -1.35. The molecule has 0 bridgehead atoms. The summed E-state index contributed by atoms with van der Waals surface area (Å²) in [6, 6.07) is 8.31. The SMILES string of the molecule is C(=C1\CCCCN1)/c1nc2ccccc2s1. The maximum absolute atomic E-state index is 4.61. The Labute approximate surface area is 99.0 Å². The molecule has 0 aliphatic carbocycles. The third-order valence-electron chi connectivity index (χ3n) is 2.83. The summed E-state index contributed by atoms with van der Waals surface area (Å²) in [7, 11) is 0. The van der Waals surface area contributed by atoms with Gasteiger partial charge in [-0.1, -0.05) is 12.1 Å². The molecule has 0 amide bonds. The van der Waals surface area contributed by atoms with Crippen LogP contribution in [0.25, 0.3) is 16.3 Å². The van der Waals surface area contributed by atoms with Crippen molar-refractivity contribution in [1.29, 1.82) is 0 Å². The molecule has 2 heterocycles. The predicted octanol–water partition coefficient (Wildman–Crippen LogP) is 3.41. The molecule has 1 fully saturated rings. The van der Waals surface area contributed by atoms with Crippen LogP contribution in [0.1, 0.15) is 24.3 Å². The summed E-state index contributed by atoms with van der Waals surface area (Å²) < 4.78 is 1.27. The molecule has 0 saturated carbocycles. The fraction of sp³-hybridized carbons (Fsp3) is 0.308. The van der Waals surface area contributed by atoms with E-state index in [1.807, 2.05) is 6.07 Å². The second-order valence-corrected chi connectivity index (χ2v) is 5.14. The van der Waals surface area contributed by atoms with Crippen molar-refractivity contribution < 1.29 is 0 Å². The van der Waals surface area contributed by atoms with Gasteiger partial charge in [-0.3, -0.25) is 0 Å². The smallest absolute Gasteiger partial charge is 0.119 e. The van der Waals surface area contributed by atoms with Crippen molar-refractivity contribution in [3.8, 4) is 0 Å². The number of allylic oxidation sites excluding steroid dienone is 1. The lowest BCUT2D eigenvalue weighted by Crippen LogP contribution is -2.19. The summed E-state index contributed by atoms with van der Waals surface area (Å²) in [5.41, 5.74) is 2.44. The summed E-state index contributed by atoms with van der Waals surface area (Å²) in [6.07, 6.45) is 5.95. The van der Waals surface area contributed by atoms with Crippen molar-refractivity contribution in [2.45, 2.75) is 19.3 Å². The fourth-order valence-electron chi connectivity index (χ4n) is 2.00. The third kappa shape index (κ3) is 1.95. The number of nitrogens with one attached hydrogen (secondary N) is 1. The van der Waals surface area contributed by atoms with E-state index in [9.17, 15) is 0 Å². The zero-order valence-electron chi connectivity index (χ0n) is 9.07. The number of thiazole rings is 1. The van der Waals surface area contributed by atoms with Gasteiger partial charge in [0, 0.05) is 12.2 Å². The van der Waals surface area contributed by atoms with Crippen LogP contribution >= 0.6 is 11.3 Å². The van der Waals surface area contributed by atoms with Crippen LogP contribution in [0.15, 0.2) is 30.0 Å². The number of rotatable bonds is 1. The number of hydrogen-bond donors (Lipinski definition) is 1. The molecular formula is C13H14N2S. The Kier molecular flexibility index (Phi) is 2.62. The topological polar surface area (TPSA) is 24.9 Å². The van der Waals surface area contributed by atoms with Gasteiger partial charge in [-0.2, -0.15) is 0 Å². The first-order valence-corrected chi connectivity index (χ1v) is 6.53. The number of fused-ring (bicyclic) bond motifs is 1. The summed E-state index contributed by atoms with van der Waals surface area (Å²) in [5.74, 6) is 0. The van der Waals surface area contributed by atoms with E-state index >= 15 is 0 Å². The highest BCUT2D eigenvalue weighted by molar-refractivity contribution is 7.19. The molecule has 1 N–H and O–H groups in total. The number of benzene rings is 1. The molecule has 0 spiro atoms. The highest BCUT2D eigenvalue weighted by Gasteiger charge is 2.06. The summed E-state index contributed by atoms with van der Waals surface area (Å²) >= 11 is 1.76. The Morgan fingerprint density at radius 1 is 1.25 bits per heavy atom. The van der Waals surface area contributed by atoms with Gasteiger partial charge in [0.2, 0.25) is 0 Å².